The number of benzene rings is 3. The quantitative estimate of drug-likeness (QED) is 0.307. The molecule has 2 fully saturated rings. The van der Waals surface area contributed by atoms with Crippen molar-refractivity contribution in [3.8, 4) is 0 Å². The van der Waals surface area contributed by atoms with Gasteiger partial charge in [0.25, 0.3) is 0 Å². The molecule has 250 valence electrons. The van der Waals surface area contributed by atoms with Gasteiger partial charge in [-0.25, -0.2) is 13.2 Å². The van der Waals surface area contributed by atoms with E-state index in [0.717, 1.165) is 22.4 Å². The summed E-state index contributed by atoms with van der Waals surface area (Å²) < 4.78 is 31.7. The molecule has 0 bridgehead atoms. The molecule has 2 saturated heterocycles. The highest BCUT2D eigenvalue weighted by Gasteiger charge is 2.35. The molecule has 0 aliphatic carbocycles. The minimum Gasteiger partial charge on any atom is -0.444 e. The molecule has 2 aliphatic heterocycles. The first kappa shape index (κ1) is 34.8. The molecule has 0 saturated carbocycles. The summed E-state index contributed by atoms with van der Waals surface area (Å²) in [4.78, 5) is 31.1. The number of piperazine rings is 1. The van der Waals surface area contributed by atoms with Crippen molar-refractivity contribution in [2.45, 2.75) is 32.4 Å². The molecule has 0 atom stereocenters. The summed E-state index contributed by atoms with van der Waals surface area (Å²) in [5, 5.41) is 3.82. The maximum absolute atomic E-state index is 13.2. The van der Waals surface area contributed by atoms with Gasteiger partial charge in [0.2, 0.25) is 5.91 Å². The van der Waals surface area contributed by atoms with Crippen LogP contribution in [0.2, 0.25) is 10.0 Å². The highest BCUT2D eigenvalue weighted by atomic mass is 35.5. The predicted molar refractivity (Wildman–Crippen MR) is 188 cm³/mol. The van der Waals surface area contributed by atoms with E-state index in [2.05, 4.69) is 15.1 Å². The highest BCUT2D eigenvalue weighted by molar-refractivity contribution is 8.00. The van der Waals surface area contributed by atoms with Gasteiger partial charge in [-0.15, -0.1) is 0 Å². The third kappa shape index (κ3) is 8.87. The van der Waals surface area contributed by atoms with Crippen LogP contribution in [0.1, 0.15) is 43.5 Å². The second-order valence-corrected chi connectivity index (χ2v) is 15.7. The monoisotopic (exact) mass is 698 g/mol. The number of alkyl carbamates (subject to hydrolysis) is 1. The van der Waals surface area contributed by atoms with Crippen LogP contribution in [-0.4, -0.2) is 87.9 Å². The number of amides is 2. The van der Waals surface area contributed by atoms with E-state index in [1.807, 2.05) is 72.8 Å². The fraction of sp³-hybridized carbons (Fsp3) is 0.371. The molecule has 5 rings (SSSR count). The van der Waals surface area contributed by atoms with Crippen LogP contribution in [0.25, 0.3) is 4.91 Å². The maximum Gasteiger partial charge on any atom is 0.408 e. The van der Waals surface area contributed by atoms with Gasteiger partial charge in [0.1, 0.15) is 12.1 Å². The van der Waals surface area contributed by atoms with Crippen molar-refractivity contribution in [3.05, 3.63) is 105 Å². The van der Waals surface area contributed by atoms with E-state index in [4.69, 9.17) is 27.9 Å². The first-order valence-corrected chi connectivity index (χ1v) is 18.1. The zero-order valence-electron chi connectivity index (χ0n) is 27.0. The number of sulfone groups is 1. The Kier molecular flexibility index (Phi) is 10.6. The van der Waals surface area contributed by atoms with E-state index in [1.54, 1.807) is 25.7 Å². The molecular formula is C35H40Cl2N4O5S. The van der Waals surface area contributed by atoms with Crippen LogP contribution in [0.15, 0.2) is 78.4 Å². The Hall–Kier alpha value is -3.57. The summed E-state index contributed by atoms with van der Waals surface area (Å²) in [5.74, 6) is -0.182. The minimum atomic E-state index is -3.56. The van der Waals surface area contributed by atoms with E-state index in [9.17, 15) is 18.0 Å². The van der Waals surface area contributed by atoms with Crippen molar-refractivity contribution >= 4 is 55.6 Å². The Balaban J connectivity index is 1.29. The number of ether oxygens (including phenoxy) is 1. The van der Waals surface area contributed by atoms with Crippen molar-refractivity contribution in [3.63, 3.8) is 0 Å². The molecule has 0 aromatic heterocycles. The molecule has 2 heterocycles. The molecule has 0 spiro atoms. The van der Waals surface area contributed by atoms with Gasteiger partial charge < -0.3 is 19.9 Å². The normalized spacial score (nSPS) is 15.8. The van der Waals surface area contributed by atoms with E-state index in [1.165, 1.54) is 6.26 Å². The molecule has 3 aromatic rings. The summed E-state index contributed by atoms with van der Waals surface area (Å²) >= 11 is 12.4. The zero-order valence-corrected chi connectivity index (χ0v) is 29.3. The van der Waals surface area contributed by atoms with Crippen molar-refractivity contribution in [1.29, 1.82) is 0 Å². The average molecular weight is 700 g/mol. The lowest BCUT2D eigenvalue weighted by Crippen LogP contribution is -2.51. The first-order valence-electron chi connectivity index (χ1n) is 15.4. The molecule has 2 aliphatic rings. The van der Waals surface area contributed by atoms with Gasteiger partial charge in [-0.2, -0.15) is 0 Å². The van der Waals surface area contributed by atoms with E-state index in [0.29, 0.717) is 59.8 Å². The number of rotatable bonds is 8. The maximum atomic E-state index is 13.2. The Bertz CT molecular complexity index is 1690. The van der Waals surface area contributed by atoms with Crippen LogP contribution < -0.4 is 10.2 Å². The van der Waals surface area contributed by atoms with Gasteiger partial charge >= 0.3 is 6.09 Å². The number of hydrogen-bond acceptors (Lipinski definition) is 7. The zero-order chi connectivity index (χ0) is 33.9. The van der Waals surface area contributed by atoms with Crippen LogP contribution in [-0.2, 0) is 19.4 Å². The minimum absolute atomic E-state index is 0.0984. The Morgan fingerprint density at radius 2 is 1.43 bits per heavy atom. The molecule has 0 radical (unpaired) electrons. The number of carbonyl (C=O) groups is 2. The van der Waals surface area contributed by atoms with E-state index < -0.39 is 21.5 Å². The number of halogens is 2. The first-order chi connectivity index (χ1) is 22.2. The summed E-state index contributed by atoms with van der Waals surface area (Å²) in [6, 6.07) is 22.9. The van der Waals surface area contributed by atoms with Crippen molar-refractivity contribution < 1.29 is 22.7 Å². The smallest absolute Gasteiger partial charge is 0.408 e. The van der Waals surface area contributed by atoms with E-state index in [-0.39, 0.29) is 18.5 Å². The molecule has 0 unspecified atom stereocenters. The number of carbonyl (C=O) groups excluding carboxylic acids is 2. The van der Waals surface area contributed by atoms with Gasteiger partial charge in [0.05, 0.1) is 10.9 Å². The topological polar surface area (TPSA) is 99.3 Å². The summed E-state index contributed by atoms with van der Waals surface area (Å²) in [5.41, 5.74) is 3.85. The van der Waals surface area contributed by atoms with Crippen molar-refractivity contribution in [2.24, 2.45) is 0 Å². The van der Waals surface area contributed by atoms with Crippen LogP contribution >= 0.6 is 23.2 Å². The SMILES string of the molecule is CC(C)(C)OC(=O)NCC(=O)N1CCN(c2cccc(C(=C3CN(C(c4ccc(Cl)cc4)c4ccc(Cl)cc4)C3)S(C)(=O)=O)c2)CC1. The van der Waals surface area contributed by atoms with Crippen LogP contribution in [0.4, 0.5) is 10.5 Å². The number of nitrogens with zero attached hydrogens (tertiary/aromatic N) is 3. The molecule has 47 heavy (non-hydrogen) atoms. The van der Waals surface area contributed by atoms with Gasteiger partial charge in [-0.3, -0.25) is 9.69 Å². The molecular weight excluding hydrogens is 659 g/mol. The molecule has 3 aromatic carbocycles. The van der Waals surface area contributed by atoms with Crippen LogP contribution in [0, 0.1) is 0 Å². The second-order valence-electron chi connectivity index (χ2n) is 12.9. The fourth-order valence-electron chi connectivity index (χ4n) is 5.99. The summed E-state index contributed by atoms with van der Waals surface area (Å²) in [7, 11) is -3.56. The number of anilines is 1. The van der Waals surface area contributed by atoms with Crippen molar-refractivity contribution in [2.75, 3.05) is 57.0 Å². The van der Waals surface area contributed by atoms with Gasteiger partial charge in [0.15, 0.2) is 9.84 Å². The standard InChI is InChI=1S/C35H40Cl2N4O5S/c1-35(2,3)46-34(43)38-21-31(42)40-18-16-39(17-19-40)30-7-5-6-26(20-30)33(47(4,44)45)27-22-41(23-27)32(24-8-12-28(36)13-9-24)25-10-14-29(37)15-11-25/h5-15,20,32H,16-19,21-23H2,1-4H3,(H,38,43). The Morgan fingerprint density at radius 1 is 0.872 bits per heavy atom. The Morgan fingerprint density at radius 3 is 1.94 bits per heavy atom. The average Bonchev–Trinajstić information content (AvgIpc) is 2.99. The van der Waals surface area contributed by atoms with Gasteiger partial charge in [0, 0.05) is 61.3 Å². The number of likely N-dealkylation sites (tertiary alicyclic amines) is 1. The number of hydrogen-bond donors (Lipinski definition) is 1. The molecule has 12 heteroatoms. The summed E-state index contributed by atoms with van der Waals surface area (Å²) in [6.07, 6.45) is 0.633. The van der Waals surface area contributed by atoms with Crippen LogP contribution in [0.5, 0.6) is 0 Å². The van der Waals surface area contributed by atoms with Crippen LogP contribution in [0.3, 0.4) is 0 Å². The third-order valence-electron chi connectivity index (χ3n) is 8.11. The van der Waals surface area contributed by atoms with Gasteiger partial charge in [-0.1, -0.05) is 59.6 Å². The molecule has 1 N–H and O–H groups in total. The van der Waals surface area contributed by atoms with Gasteiger partial charge in [-0.05, 0) is 79.4 Å². The lowest BCUT2D eigenvalue weighted by atomic mass is 9.92. The largest absolute Gasteiger partial charge is 0.444 e. The fourth-order valence-corrected chi connectivity index (χ4v) is 7.45. The lowest BCUT2D eigenvalue weighted by molar-refractivity contribution is -0.130. The lowest BCUT2D eigenvalue weighted by Gasteiger charge is -2.42. The Labute approximate surface area is 287 Å². The van der Waals surface area contributed by atoms with E-state index >= 15 is 0 Å². The number of nitrogens with one attached hydrogen (secondary N) is 1. The van der Waals surface area contributed by atoms with Crippen molar-refractivity contribution in [1.82, 2.24) is 15.1 Å². The highest BCUT2D eigenvalue weighted by Crippen LogP contribution is 2.39. The predicted octanol–water partition coefficient (Wildman–Crippen LogP) is 6.03. The molecule has 2 amide bonds. The summed E-state index contributed by atoms with van der Waals surface area (Å²) in [6.45, 7) is 8.23. The third-order valence-corrected chi connectivity index (χ3v) is 9.88. The second kappa shape index (κ2) is 14.3. The molecule has 9 nitrogen and oxygen atoms in total.